The summed E-state index contributed by atoms with van der Waals surface area (Å²) < 4.78 is 10.7. The number of hydrogen-bond donors (Lipinski definition) is 1. The number of rotatable bonds is 3. The second kappa shape index (κ2) is 4.59. The van der Waals surface area contributed by atoms with Gasteiger partial charge in [-0.2, -0.15) is 0 Å². The maximum atomic E-state index is 5.83. The molecule has 0 aliphatic carbocycles. The second-order valence-electron chi connectivity index (χ2n) is 3.70. The van der Waals surface area contributed by atoms with Gasteiger partial charge in [0, 0.05) is 12.1 Å². The number of nitrogen functional groups attached to an aromatic ring is 1. The molecule has 0 atom stereocenters. The topological polar surface area (TPSA) is 57.4 Å². The van der Waals surface area contributed by atoms with Gasteiger partial charge in [0.1, 0.15) is 0 Å². The predicted octanol–water partition coefficient (Wildman–Crippen LogP) is 1.28. The van der Waals surface area contributed by atoms with Gasteiger partial charge in [-0.3, -0.25) is 4.98 Å². The Morgan fingerprint density at radius 2 is 2.13 bits per heavy atom. The number of ether oxygens (including phenoxy) is 2. The molecule has 4 heteroatoms. The largest absolute Gasteiger partial charge is 0.397 e. The van der Waals surface area contributed by atoms with Gasteiger partial charge in [0.25, 0.3) is 0 Å². The van der Waals surface area contributed by atoms with Crippen molar-refractivity contribution in [3.05, 3.63) is 23.5 Å². The first-order valence-corrected chi connectivity index (χ1v) is 5.21. The summed E-state index contributed by atoms with van der Waals surface area (Å²) in [6.07, 6.45) is 1.55. The molecule has 15 heavy (non-hydrogen) atoms. The Hall–Kier alpha value is -1.13. The minimum atomic E-state index is -0.0771. The maximum Gasteiger partial charge on any atom is 0.158 e. The molecule has 2 rings (SSSR count). The van der Waals surface area contributed by atoms with Crippen LogP contribution in [0.25, 0.3) is 0 Å². The van der Waals surface area contributed by atoms with Gasteiger partial charge < -0.3 is 15.2 Å². The number of nitrogens with zero attached hydrogens (tertiary/aromatic N) is 1. The highest BCUT2D eigenvalue weighted by molar-refractivity contribution is 5.43. The average Bonchev–Trinajstić information content (AvgIpc) is 2.72. The van der Waals surface area contributed by atoms with E-state index in [1.54, 1.807) is 0 Å². The molecular formula is C11H16N2O2. The van der Waals surface area contributed by atoms with E-state index in [2.05, 4.69) is 4.98 Å². The van der Waals surface area contributed by atoms with E-state index in [1.807, 2.05) is 19.1 Å². The van der Waals surface area contributed by atoms with E-state index < -0.39 is 0 Å². The monoisotopic (exact) mass is 208 g/mol. The minimum Gasteiger partial charge on any atom is -0.397 e. The lowest BCUT2D eigenvalue weighted by Crippen LogP contribution is -2.10. The van der Waals surface area contributed by atoms with Crippen molar-refractivity contribution in [2.45, 2.75) is 26.1 Å². The summed E-state index contributed by atoms with van der Waals surface area (Å²) >= 11 is 0. The third-order valence-corrected chi connectivity index (χ3v) is 2.46. The number of hydrogen-bond acceptors (Lipinski definition) is 4. The number of pyridine rings is 1. The van der Waals surface area contributed by atoms with Crippen LogP contribution >= 0.6 is 0 Å². The normalized spacial score (nSPS) is 17.1. The Morgan fingerprint density at radius 3 is 2.87 bits per heavy atom. The average molecular weight is 208 g/mol. The summed E-state index contributed by atoms with van der Waals surface area (Å²) in [6, 6.07) is 3.81. The Labute approximate surface area is 89.4 Å². The molecule has 0 spiro atoms. The lowest BCUT2D eigenvalue weighted by atomic mass is 10.1. The highest BCUT2D eigenvalue weighted by Gasteiger charge is 2.16. The summed E-state index contributed by atoms with van der Waals surface area (Å²) in [4.78, 5) is 4.40. The fraction of sp³-hybridized carbons (Fsp3) is 0.545. The fourth-order valence-electron chi connectivity index (χ4n) is 1.65. The quantitative estimate of drug-likeness (QED) is 0.813. The van der Waals surface area contributed by atoms with Gasteiger partial charge in [-0.05, 0) is 25.5 Å². The van der Waals surface area contributed by atoms with Gasteiger partial charge in [-0.15, -0.1) is 0 Å². The van der Waals surface area contributed by atoms with Crippen LogP contribution in [0.3, 0.4) is 0 Å². The van der Waals surface area contributed by atoms with E-state index in [0.717, 1.165) is 29.9 Å². The Morgan fingerprint density at radius 1 is 1.40 bits per heavy atom. The molecule has 82 valence electrons. The molecule has 0 radical (unpaired) electrons. The molecule has 0 bridgehead atoms. The van der Waals surface area contributed by atoms with Crippen LogP contribution in [0, 0.1) is 6.92 Å². The lowest BCUT2D eigenvalue weighted by molar-refractivity contribution is -0.0463. The van der Waals surface area contributed by atoms with Crippen LogP contribution in [-0.2, 0) is 15.9 Å². The van der Waals surface area contributed by atoms with Gasteiger partial charge in [-0.25, -0.2) is 0 Å². The molecule has 1 aliphatic heterocycles. The molecule has 4 nitrogen and oxygen atoms in total. The van der Waals surface area contributed by atoms with Crippen molar-refractivity contribution in [3.8, 4) is 0 Å². The molecular weight excluding hydrogens is 192 g/mol. The summed E-state index contributed by atoms with van der Waals surface area (Å²) in [5.41, 5.74) is 8.51. The molecule has 0 unspecified atom stereocenters. The van der Waals surface area contributed by atoms with Gasteiger partial charge in [0.05, 0.1) is 24.6 Å². The SMILES string of the molecule is Cc1ccc(N)c(CCC2OCCO2)n1. The molecule has 0 amide bonds. The van der Waals surface area contributed by atoms with E-state index >= 15 is 0 Å². The number of nitrogens with two attached hydrogens (primary N) is 1. The molecule has 1 saturated heterocycles. The summed E-state index contributed by atoms with van der Waals surface area (Å²) in [6.45, 7) is 3.36. The van der Waals surface area contributed by atoms with Gasteiger partial charge in [0.2, 0.25) is 0 Å². The standard InChI is InChI=1S/C11H16N2O2/c1-8-2-3-9(12)10(13-8)4-5-11-14-6-7-15-11/h2-3,11H,4-7,12H2,1H3. The van der Waals surface area contributed by atoms with Crippen LogP contribution in [0.2, 0.25) is 0 Å². The van der Waals surface area contributed by atoms with E-state index in [1.165, 1.54) is 0 Å². The number of anilines is 1. The van der Waals surface area contributed by atoms with Crippen molar-refractivity contribution >= 4 is 5.69 Å². The molecule has 1 fully saturated rings. The first kappa shape index (κ1) is 10.4. The lowest BCUT2D eigenvalue weighted by Gasteiger charge is -2.09. The van der Waals surface area contributed by atoms with Crippen LogP contribution < -0.4 is 5.73 Å². The Kier molecular flexibility index (Phi) is 3.18. The Bertz CT molecular complexity index is 335. The van der Waals surface area contributed by atoms with Crippen LogP contribution in [0.1, 0.15) is 17.8 Å². The van der Waals surface area contributed by atoms with Gasteiger partial charge in [0.15, 0.2) is 6.29 Å². The van der Waals surface area contributed by atoms with Crippen molar-refractivity contribution in [1.82, 2.24) is 4.98 Å². The first-order valence-electron chi connectivity index (χ1n) is 5.21. The summed E-state index contributed by atoms with van der Waals surface area (Å²) in [5.74, 6) is 0. The molecule has 0 saturated carbocycles. The van der Waals surface area contributed by atoms with Crippen LogP contribution in [-0.4, -0.2) is 24.5 Å². The zero-order chi connectivity index (χ0) is 10.7. The predicted molar refractivity (Wildman–Crippen MR) is 57.4 cm³/mol. The van der Waals surface area contributed by atoms with Gasteiger partial charge >= 0.3 is 0 Å². The van der Waals surface area contributed by atoms with Crippen molar-refractivity contribution in [2.75, 3.05) is 18.9 Å². The zero-order valence-corrected chi connectivity index (χ0v) is 8.90. The molecule has 1 aromatic heterocycles. The highest BCUT2D eigenvalue weighted by atomic mass is 16.7. The van der Waals surface area contributed by atoms with E-state index in [4.69, 9.17) is 15.2 Å². The molecule has 2 N–H and O–H groups in total. The third kappa shape index (κ3) is 2.67. The third-order valence-electron chi connectivity index (χ3n) is 2.46. The Balaban J connectivity index is 1.94. The minimum absolute atomic E-state index is 0.0771. The van der Waals surface area contributed by atoms with E-state index in [0.29, 0.717) is 13.2 Å². The van der Waals surface area contributed by atoms with Crippen molar-refractivity contribution in [1.29, 1.82) is 0 Å². The van der Waals surface area contributed by atoms with Crippen LogP contribution in [0.15, 0.2) is 12.1 Å². The second-order valence-corrected chi connectivity index (χ2v) is 3.70. The summed E-state index contributed by atoms with van der Waals surface area (Å²) in [5, 5.41) is 0. The van der Waals surface area contributed by atoms with Crippen LogP contribution in [0.5, 0.6) is 0 Å². The highest BCUT2D eigenvalue weighted by Crippen LogP contribution is 2.15. The van der Waals surface area contributed by atoms with Gasteiger partial charge in [-0.1, -0.05) is 0 Å². The van der Waals surface area contributed by atoms with E-state index in [9.17, 15) is 0 Å². The number of aryl methyl sites for hydroxylation is 2. The number of aromatic nitrogens is 1. The molecule has 0 aromatic carbocycles. The van der Waals surface area contributed by atoms with Crippen LogP contribution in [0.4, 0.5) is 5.69 Å². The molecule has 1 aliphatic rings. The fourth-order valence-corrected chi connectivity index (χ4v) is 1.65. The van der Waals surface area contributed by atoms with Crippen molar-refractivity contribution < 1.29 is 9.47 Å². The van der Waals surface area contributed by atoms with Crippen molar-refractivity contribution in [2.24, 2.45) is 0 Å². The van der Waals surface area contributed by atoms with E-state index in [-0.39, 0.29) is 6.29 Å². The maximum absolute atomic E-state index is 5.83. The van der Waals surface area contributed by atoms with Crippen molar-refractivity contribution in [3.63, 3.8) is 0 Å². The zero-order valence-electron chi connectivity index (χ0n) is 8.90. The summed E-state index contributed by atoms with van der Waals surface area (Å²) in [7, 11) is 0. The first-order chi connectivity index (χ1) is 7.25. The smallest absolute Gasteiger partial charge is 0.158 e. The molecule has 1 aromatic rings. The molecule has 2 heterocycles.